The minimum atomic E-state index is -0.594. The van der Waals surface area contributed by atoms with E-state index < -0.39 is 11.7 Å². The van der Waals surface area contributed by atoms with E-state index in [1.54, 1.807) is 30.3 Å². The molecule has 7 heteroatoms. The lowest BCUT2D eigenvalue weighted by Gasteiger charge is -2.08. The summed E-state index contributed by atoms with van der Waals surface area (Å²) >= 11 is 6.15. The van der Waals surface area contributed by atoms with Crippen molar-refractivity contribution in [3.8, 4) is 5.75 Å². The van der Waals surface area contributed by atoms with Gasteiger partial charge in [-0.3, -0.25) is 9.89 Å². The zero-order valence-electron chi connectivity index (χ0n) is 14.6. The van der Waals surface area contributed by atoms with Gasteiger partial charge in [0.1, 0.15) is 18.2 Å². The van der Waals surface area contributed by atoms with Crippen LogP contribution in [0.15, 0.2) is 66.7 Å². The molecule has 0 radical (unpaired) electrons. The van der Waals surface area contributed by atoms with Crippen LogP contribution in [0.2, 0.25) is 5.02 Å². The Morgan fingerprint density at radius 1 is 1.11 bits per heavy atom. The van der Waals surface area contributed by atoms with Gasteiger partial charge in [-0.15, -0.1) is 0 Å². The Bertz CT molecular complexity index is 1160. The quantitative estimate of drug-likeness (QED) is 0.489. The Balaban J connectivity index is 1.55. The molecule has 28 heavy (non-hydrogen) atoms. The summed E-state index contributed by atoms with van der Waals surface area (Å²) in [7, 11) is 0. The van der Waals surface area contributed by atoms with E-state index in [-0.39, 0.29) is 5.56 Å². The third kappa shape index (κ3) is 3.68. The van der Waals surface area contributed by atoms with Crippen molar-refractivity contribution in [2.45, 2.75) is 6.61 Å². The van der Waals surface area contributed by atoms with Crippen LogP contribution < -0.4 is 10.1 Å². The Morgan fingerprint density at radius 3 is 2.71 bits per heavy atom. The van der Waals surface area contributed by atoms with Crippen LogP contribution in [0, 0.1) is 5.82 Å². The highest BCUT2D eigenvalue weighted by atomic mass is 35.5. The molecular formula is C21H15ClFN3O2. The first-order valence-electron chi connectivity index (χ1n) is 8.52. The van der Waals surface area contributed by atoms with Gasteiger partial charge < -0.3 is 10.1 Å². The standard InChI is InChI=1S/C21H15ClFN3O2/c22-17-7-3-1-5-13(17)12-28-14-9-10-19-16(11-14)20(26-25-19)24-21(27)15-6-2-4-8-18(15)23/h1-11H,12H2,(H2,24,25,26,27). The number of amides is 1. The van der Waals surface area contributed by atoms with E-state index in [0.29, 0.717) is 34.1 Å². The molecule has 0 atom stereocenters. The predicted molar refractivity (Wildman–Crippen MR) is 106 cm³/mol. The van der Waals surface area contributed by atoms with Crippen molar-refractivity contribution in [3.05, 3.63) is 88.7 Å². The van der Waals surface area contributed by atoms with Crippen molar-refractivity contribution < 1.29 is 13.9 Å². The molecule has 0 saturated carbocycles. The molecule has 0 aliphatic rings. The van der Waals surface area contributed by atoms with Crippen LogP contribution in [0.5, 0.6) is 5.75 Å². The van der Waals surface area contributed by atoms with Gasteiger partial charge in [-0.25, -0.2) is 4.39 Å². The Kier molecular flexibility index (Phi) is 4.95. The third-order valence-electron chi connectivity index (χ3n) is 4.24. The lowest BCUT2D eigenvalue weighted by molar-refractivity contribution is 0.102. The van der Waals surface area contributed by atoms with Crippen molar-refractivity contribution in [1.82, 2.24) is 10.2 Å². The van der Waals surface area contributed by atoms with Crippen LogP contribution in [0.1, 0.15) is 15.9 Å². The molecule has 0 aliphatic carbocycles. The number of ether oxygens (including phenoxy) is 1. The molecular weight excluding hydrogens is 381 g/mol. The molecule has 5 nitrogen and oxygen atoms in total. The number of nitrogens with zero attached hydrogens (tertiary/aromatic N) is 1. The van der Waals surface area contributed by atoms with Gasteiger partial charge in [0.15, 0.2) is 5.82 Å². The summed E-state index contributed by atoms with van der Waals surface area (Å²) in [6.45, 7) is 0.306. The topological polar surface area (TPSA) is 67.0 Å². The van der Waals surface area contributed by atoms with Crippen molar-refractivity contribution in [2.75, 3.05) is 5.32 Å². The predicted octanol–water partition coefficient (Wildman–Crippen LogP) is 5.19. The smallest absolute Gasteiger partial charge is 0.259 e. The number of hydrogen-bond donors (Lipinski definition) is 2. The van der Waals surface area contributed by atoms with Gasteiger partial charge >= 0.3 is 0 Å². The van der Waals surface area contributed by atoms with Gasteiger partial charge in [0.25, 0.3) is 5.91 Å². The molecule has 4 rings (SSSR count). The molecule has 0 aliphatic heterocycles. The normalized spacial score (nSPS) is 10.8. The lowest BCUT2D eigenvalue weighted by Crippen LogP contribution is -2.14. The monoisotopic (exact) mass is 395 g/mol. The molecule has 0 unspecified atom stereocenters. The summed E-state index contributed by atoms with van der Waals surface area (Å²) in [5.41, 5.74) is 1.53. The number of carbonyl (C=O) groups excluding carboxylic acids is 1. The number of halogens is 2. The molecule has 4 aromatic rings. The molecule has 0 fully saturated rings. The minimum absolute atomic E-state index is 0.0511. The van der Waals surface area contributed by atoms with Crippen LogP contribution in [0.25, 0.3) is 10.9 Å². The first-order chi connectivity index (χ1) is 13.6. The number of fused-ring (bicyclic) bond motifs is 1. The van der Waals surface area contributed by atoms with Crippen LogP contribution in [0.4, 0.5) is 10.2 Å². The highest BCUT2D eigenvalue weighted by molar-refractivity contribution is 6.31. The van der Waals surface area contributed by atoms with E-state index in [1.807, 2.05) is 18.2 Å². The average molecular weight is 396 g/mol. The van der Waals surface area contributed by atoms with Crippen LogP contribution in [-0.4, -0.2) is 16.1 Å². The highest BCUT2D eigenvalue weighted by Gasteiger charge is 2.15. The fourth-order valence-electron chi connectivity index (χ4n) is 2.77. The fraction of sp³-hybridized carbons (Fsp3) is 0.0476. The largest absolute Gasteiger partial charge is 0.489 e. The molecule has 3 aromatic carbocycles. The third-order valence-corrected chi connectivity index (χ3v) is 4.61. The van der Waals surface area contributed by atoms with Crippen molar-refractivity contribution in [3.63, 3.8) is 0 Å². The Labute approximate surface area is 165 Å². The number of rotatable bonds is 5. The molecule has 0 spiro atoms. The fourth-order valence-corrected chi connectivity index (χ4v) is 2.97. The van der Waals surface area contributed by atoms with Crippen molar-refractivity contribution >= 4 is 34.2 Å². The number of carbonyl (C=O) groups is 1. The lowest BCUT2D eigenvalue weighted by atomic mass is 10.2. The van der Waals surface area contributed by atoms with Crippen LogP contribution >= 0.6 is 11.6 Å². The number of benzene rings is 3. The summed E-state index contributed by atoms with van der Waals surface area (Å²) in [5, 5.41) is 10.9. The first kappa shape index (κ1) is 18.0. The van der Waals surface area contributed by atoms with E-state index in [1.165, 1.54) is 18.2 Å². The van der Waals surface area contributed by atoms with Crippen molar-refractivity contribution in [1.29, 1.82) is 0 Å². The van der Waals surface area contributed by atoms with Crippen LogP contribution in [-0.2, 0) is 6.61 Å². The van der Waals surface area contributed by atoms with E-state index in [9.17, 15) is 9.18 Å². The number of aromatic amines is 1. The number of nitrogens with one attached hydrogen (secondary N) is 2. The molecule has 2 N–H and O–H groups in total. The van der Waals surface area contributed by atoms with E-state index in [4.69, 9.17) is 16.3 Å². The number of hydrogen-bond acceptors (Lipinski definition) is 3. The van der Waals surface area contributed by atoms with E-state index >= 15 is 0 Å². The summed E-state index contributed by atoms with van der Waals surface area (Å²) in [4.78, 5) is 12.4. The van der Waals surface area contributed by atoms with E-state index in [0.717, 1.165) is 5.56 Å². The number of aromatic nitrogens is 2. The SMILES string of the molecule is O=C(Nc1n[nH]c2ccc(OCc3ccccc3Cl)cc12)c1ccccc1F. The van der Waals surface area contributed by atoms with Gasteiger partial charge in [0.2, 0.25) is 0 Å². The Hall–Kier alpha value is -3.38. The van der Waals surface area contributed by atoms with Crippen molar-refractivity contribution in [2.24, 2.45) is 0 Å². The Morgan fingerprint density at radius 2 is 1.89 bits per heavy atom. The van der Waals surface area contributed by atoms with Gasteiger partial charge in [0, 0.05) is 16.0 Å². The zero-order valence-corrected chi connectivity index (χ0v) is 15.3. The van der Waals surface area contributed by atoms with Gasteiger partial charge in [-0.1, -0.05) is 41.9 Å². The summed E-state index contributed by atoms with van der Waals surface area (Å²) in [5.74, 6) is -0.279. The molecule has 1 heterocycles. The number of H-pyrrole nitrogens is 1. The second-order valence-corrected chi connectivity index (χ2v) is 6.50. The second kappa shape index (κ2) is 7.70. The van der Waals surface area contributed by atoms with Crippen LogP contribution in [0.3, 0.4) is 0 Å². The average Bonchev–Trinajstić information content (AvgIpc) is 3.10. The summed E-state index contributed by atoms with van der Waals surface area (Å²) in [6.07, 6.45) is 0. The maximum Gasteiger partial charge on any atom is 0.259 e. The molecule has 0 saturated heterocycles. The molecule has 1 aromatic heterocycles. The second-order valence-electron chi connectivity index (χ2n) is 6.09. The van der Waals surface area contributed by atoms with Gasteiger partial charge in [0.05, 0.1) is 11.1 Å². The maximum atomic E-state index is 13.8. The maximum absolute atomic E-state index is 13.8. The van der Waals surface area contributed by atoms with Gasteiger partial charge in [-0.2, -0.15) is 5.10 Å². The number of anilines is 1. The molecule has 1 amide bonds. The summed E-state index contributed by atoms with van der Waals surface area (Å²) in [6, 6.07) is 18.5. The van der Waals surface area contributed by atoms with Gasteiger partial charge in [-0.05, 0) is 36.4 Å². The summed E-state index contributed by atoms with van der Waals surface area (Å²) < 4.78 is 19.6. The minimum Gasteiger partial charge on any atom is -0.489 e. The molecule has 140 valence electrons. The first-order valence-corrected chi connectivity index (χ1v) is 8.90. The highest BCUT2D eigenvalue weighted by Crippen LogP contribution is 2.27. The molecule has 0 bridgehead atoms. The zero-order chi connectivity index (χ0) is 19.5. The van der Waals surface area contributed by atoms with E-state index in [2.05, 4.69) is 15.5 Å².